The Hall–Kier alpha value is -1.98. The number of hydrogen-bond acceptors (Lipinski definition) is 3. The van der Waals surface area contributed by atoms with Crippen molar-refractivity contribution in [1.29, 1.82) is 0 Å². The first-order chi connectivity index (χ1) is 8.95. The fraction of sp³-hybridized carbons (Fsp3) is 0. The molecule has 0 aliphatic rings. The largest absolute Gasteiger partial charge is 0.494 e. The second-order valence-electron chi connectivity index (χ2n) is 3.70. The molecule has 5 nitrogen and oxygen atoms in total. The molecule has 0 unspecified atom stereocenters. The molecule has 0 fully saturated rings. The number of H-pyrrole nitrogens is 1. The van der Waals surface area contributed by atoms with Crippen molar-refractivity contribution in [3.8, 4) is 5.88 Å². The number of aromatic hydroxyl groups is 1. The van der Waals surface area contributed by atoms with Crippen LogP contribution in [0, 0.1) is 0 Å². The van der Waals surface area contributed by atoms with Crippen molar-refractivity contribution in [3.63, 3.8) is 0 Å². The minimum absolute atomic E-state index is 0.0206. The standard InChI is InChI=1S/C12H8Cl2N2O3/c13-7-1-2-9(8(14)5-7)15-12(19)6-3-10(17)16-11(18)4-6/h1-5H,(H,15,19)(H2,16,17,18). The van der Waals surface area contributed by atoms with Crippen LogP contribution < -0.4 is 10.9 Å². The molecule has 3 N–H and O–H groups in total. The van der Waals surface area contributed by atoms with Crippen LogP contribution in [-0.4, -0.2) is 16.0 Å². The fourth-order valence-electron chi connectivity index (χ4n) is 1.45. The summed E-state index contributed by atoms with van der Waals surface area (Å²) in [4.78, 5) is 25.2. The van der Waals surface area contributed by atoms with Gasteiger partial charge in [-0.2, -0.15) is 0 Å². The first kappa shape index (κ1) is 13.5. The summed E-state index contributed by atoms with van der Waals surface area (Å²) >= 11 is 11.6. The maximum absolute atomic E-state index is 11.9. The van der Waals surface area contributed by atoms with E-state index in [1.807, 2.05) is 0 Å². The van der Waals surface area contributed by atoms with Crippen LogP contribution in [-0.2, 0) is 0 Å². The molecule has 19 heavy (non-hydrogen) atoms. The van der Waals surface area contributed by atoms with E-state index in [-0.39, 0.29) is 16.5 Å². The van der Waals surface area contributed by atoms with Gasteiger partial charge in [0, 0.05) is 17.2 Å². The molecule has 0 radical (unpaired) electrons. The summed E-state index contributed by atoms with van der Waals surface area (Å²) in [6, 6.07) is 6.79. The number of benzene rings is 1. The van der Waals surface area contributed by atoms with Crippen molar-refractivity contribution < 1.29 is 9.90 Å². The van der Waals surface area contributed by atoms with E-state index in [2.05, 4.69) is 10.3 Å². The summed E-state index contributed by atoms with van der Waals surface area (Å²) in [6.07, 6.45) is 0. The highest BCUT2D eigenvalue weighted by Crippen LogP contribution is 2.25. The van der Waals surface area contributed by atoms with Crippen LogP contribution in [0.5, 0.6) is 5.88 Å². The Bertz CT molecular complexity index is 698. The molecule has 0 aliphatic heterocycles. The van der Waals surface area contributed by atoms with E-state index in [0.717, 1.165) is 12.1 Å². The molecular formula is C12H8Cl2N2O3. The van der Waals surface area contributed by atoms with Crippen molar-refractivity contribution in [3.05, 3.63) is 56.3 Å². The Balaban J connectivity index is 2.28. The minimum Gasteiger partial charge on any atom is -0.494 e. The van der Waals surface area contributed by atoms with Crippen LogP contribution in [0.1, 0.15) is 10.4 Å². The van der Waals surface area contributed by atoms with Gasteiger partial charge < -0.3 is 10.4 Å². The van der Waals surface area contributed by atoms with Gasteiger partial charge in [0.25, 0.3) is 11.5 Å². The summed E-state index contributed by atoms with van der Waals surface area (Å²) in [5, 5.41) is 12.5. The molecule has 2 rings (SSSR count). The van der Waals surface area contributed by atoms with Crippen LogP contribution in [0.25, 0.3) is 0 Å². The van der Waals surface area contributed by atoms with Gasteiger partial charge in [-0.15, -0.1) is 0 Å². The first-order valence-electron chi connectivity index (χ1n) is 5.15. The Morgan fingerprint density at radius 1 is 1.21 bits per heavy atom. The van der Waals surface area contributed by atoms with Gasteiger partial charge in [-0.25, -0.2) is 0 Å². The van der Waals surface area contributed by atoms with Crippen LogP contribution in [0.2, 0.25) is 10.0 Å². The van der Waals surface area contributed by atoms with Crippen molar-refractivity contribution in [2.75, 3.05) is 5.32 Å². The zero-order valence-electron chi connectivity index (χ0n) is 9.41. The van der Waals surface area contributed by atoms with Crippen molar-refractivity contribution in [1.82, 2.24) is 4.98 Å². The first-order valence-corrected chi connectivity index (χ1v) is 5.91. The number of halogens is 2. The highest BCUT2D eigenvalue weighted by molar-refractivity contribution is 6.36. The Labute approximate surface area is 117 Å². The third-order valence-electron chi connectivity index (χ3n) is 2.27. The maximum atomic E-state index is 11.9. The maximum Gasteiger partial charge on any atom is 0.256 e. The number of nitrogens with one attached hydrogen (secondary N) is 2. The number of carbonyl (C=O) groups excluding carboxylic acids is 1. The predicted octanol–water partition coefficient (Wildman–Crippen LogP) is 2.64. The number of amides is 1. The Morgan fingerprint density at radius 3 is 2.58 bits per heavy atom. The summed E-state index contributed by atoms with van der Waals surface area (Å²) < 4.78 is 0. The molecule has 0 bridgehead atoms. The Kier molecular flexibility index (Phi) is 3.78. The molecule has 1 aromatic heterocycles. The molecule has 0 atom stereocenters. The molecule has 7 heteroatoms. The number of aromatic amines is 1. The second-order valence-corrected chi connectivity index (χ2v) is 4.54. The number of hydrogen-bond donors (Lipinski definition) is 3. The van der Waals surface area contributed by atoms with E-state index in [0.29, 0.717) is 10.7 Å². The number of anilines is 1. The predicted molar refractivity (Wildman–Crippen MR) is 73.1 cm³/mol. The zero-order chi connectivity index (χ0) is 14.0. The van der Waals surface area contributed by atoms with E-state index < -0.39 is 11.5 Å². The smallest absolute Gasteiger partial charge is 0.256 e. The van der Waals surface area contributed by atoms with Gasteiger partial charge in [0.1, 0.15) is 0 Å². The lowest BCUT2D eigenvalue weighted by atomic mass is 10.2. The van der Waals surface area contributed by atoms with E-state index in [9.17, 15) is 14.7 Å². The van der Waals surface area contributed by atoms with Gasteiger partial charge in [0.15, 0.2) is 5.88 Å². The lowest BCUT2D eigenvalue weighted by Gasteiger charge is -2.07. The molecule has 0 spiro atoms. The molecule has 98 valence electrons. The molecule has 1 amide bonds. The van der Waals surface area contributed by atoms with Gasteiger partial charge in [-0.05, 0) is 18.2 Å². The molecule has 1 heterocycles. The summed E-state index contributed by atoms with van der Waals surface area (Å²) in [6.45, 7) is 0. The summed E-state index contributed by atoms with van der Waals surface area (Å²) in [7, 11) is 0. The zero-order valence-corrected chi connectivity index (χ0v) is 10.9. The molecule has 1 aromatic carbocycles. The van der Waals surface area contributed by atoms with Crippen molar-refractivity contribution in [2.24, 2.45) is 0 Å². The number of rotatable bonds is 2. The molecule has 0 saturated carbocycles. The quantitative estimate of drug-likeness (QED) is 0.797. The van der Waals surface area contributed by atoms with Gasteiger partial charge in [0.05, 0.1) is 16.3 Å². The fourth-order valence-corrected chi connectivity index (χ4v) is 1.90. The summed E-state index contributed by atoms with van der Waals surface area (Å²) in [5.74, 6) is -0.953. The van der Waals surface area contributed by atoms with E-state index in [4.69, 9.17) is 23.2 Å². The van der Waals surface area contributed by atoms with Gasteiger partial charge in [-0.3, -0.25) is 14.6 Å². The SMILES string of the molecule is O=C(Nc1ccc(Cl)cc1Cl)c1cc(O)[nH]c(=O)c1. The lowest BCUT2D eigenvalue weighted by Crippen LogP contribution is -2.16. The Morgan fingerprint density at radius 2 is 1.95 bits per heavy atom. The number of aromatic nitrogens is 1. The lowest BCUT2D eigenvalue weighted by molar-refractivity contribution is 0.102. The molecule has 0 saturated heterocycles. The minimum atomic E-state index is -0.577. The highest BCUT2D eigenvalue weighted by atomic mass is 35.5. The van der Waals surface area contributed by atoms with Gasteiger partial charge in [0.2, 0.25) is 0 Å². The van der Waals surface area contributed by atoms with Crippen LogP contribution in [0.15, 0.2) is 35.1 Å². The molecule has 0 aliphatic carbocycles. The normalized spacial score (nSPS) is 10.2. The van der Waals surface area contributed by atoms with Crippen LogP contribution in [0.3, 0.4) is 0 Å². The van der Waals surface area contributed by atoms with Gasteiger partial charge in [-0.1, -0.05) is 23.2 Å². The second kappa shape index (κ2) is 5.34. The van der Waals surface area contributed by atoms with E-state index in [1.54, 1.807) is 6.07 Å². The topological polar surface area (TPSA) is 82.2 Å². The number of pyridine rings is 1. The molecule has 2 aromatic rings. The van der Waals surface area contributed by atoms with E-state index in [1.165, 1.54) is 12.1 Å². The van der Waals surface area contributed by atoms with Crippen molar-refractivity contribution in [2.45, 2.75) is 0 Å². The number of carbonyl (C=O) groups is 1. The third-order valence-corrected chi connectivity index (χ3v) is 2.82. The summed E-state index contributed by atoms with van der Waals surface area (Å²) in [5.41, 5.74) is -0.199. The van der Waals surface area contributed by atoms with Crippen LogP contribution >= 0.6 is 23.2 Å². The third kappa shape index (κ3) is 3.27. The highest BCUT2D eigenvalue weighted by Gasteiger charge is 2.10. The average molecular weight is 299 g/mol. The molecular weight excluding hydrogens is 291 g/mol. The van der Waals surface area contributed by atoms with E-state index >= 15 is 0 Å². The van der Waals surface area contributed by atoms with Crippen molar-refractivity contribution >= 4 is 34.8 Å². The van der Waals surface area contributed by atoms with Gasteiger partial charge >= 0.3 is 0 Å². The van der Waals surface area contributed by atoms with Crippen LogP contribution in [0.4, 0.5) is 5.69 Å². The monoisotopic (exact) mass is 298 g/mol. The average Bonchev–Trinajstić information content (AvgIpc) is 2.31.